The summed E-state index contributed by atoms with van der Waals surface area (Å²) in [4.78, 5) is 11.5. The van der Waals surface area contributed by atoms with Gasteiger partial charge in [0, 0.05) is 12.0 Å². The number of amides is 1. The summed E-state index contributed by atoms with van der Waals surface area (Å²) in [6.07, 6.45) is 2.15. The monoisotopic (exact) mass is 229 g/mol. The van der Waals surface area contributed by atoms with E-state index in [0.717, 1.165) is 19.3 Å². The fourth-order valence-corrected chi connectivity index (χ4v) is 2.15. The summed E-state index contributed by atoms with van der Waals surface area (Å²) < 4.78 is 5.17. The Morgan fingerprint density at radius 2 is 2.06 bits per heavy atom. The van der Waals surface area contributed by atoms with Crippen LogP contribution in [0.5, 0.6) is 0 Å². The Balaban J connectivity index is 2.39. The van der Waals surface area contributed by atoms with Crippen molar-refractivity contribution in [3.05, 3.63) is 0 Å². The quantitative estimate of drug-likeness (QED) is 0.762. The average molecular weight is 229 g/mol. The predicted molar refractivity (Wildman–Crippen MR) is 62.2 cm³/mol. The predicted octanol–water partition coefficient (Wildman–Crippen LogP) is 2.06. The van der Waals surface area contributed by atoms with E-state index in [-0.39, 0.29) is 18.1 Å². The summed E-state index contributed by atoms with van der Waals surface area (Å²) in [6.45, 7) is 7.42. The number of alkyl carbamates (subject to hydrolysis) is 1. The molecule has 0 aromatic carbocycles. The zero-order chi connectivity index (χ0) is 12.3. The van der Waals surface area contributed by atoms with Gasteiger partial charge in [-0.15, -0.1) is 0 Å². The van der Waals surface area contributed by atoms with Gasteiger partial charge in [-0.05, 0) is 40.5 Å². The first-order valence-electron chi connectivity index (χ1n) is 5.97. The number of hydrogen-bond donors (Lipinski definition) is 2. The van der Waals surface area contributed by atoms with Gasteiger partial charge < -0.3 is 15.2 Å². The molecule has 1 aliphatic carbocycles. The number of carbonyl (C=O) groups is 1. The Morgan fingerprint density at radius 3 is 2.50 bits per heavy atom. The molecular formula is C12H23NO3. The van der Waals surface area contributed by atoms with E-state index in [4.69, 9.17) is 4.74 Å². The van der Waals surface area contributed by atoms with Gasteiger partial charge in [-0.1, -0.05) is 6.42 Å². The fourth-order valence-electron chi connectivity index (χ4n) is 2.15. The number of aliphatic hydroxyl groups excluding tert-OH is 1. The smallest absolute Gasteiger partial charge is 0.407 e. The lowest BCUT2D eigenvalue weighted by Gasteiger charge is -2.26. The molecule has 1 saturated carbocycles. The van der Waals surface area contributed by atoms with Gasteiger partial charge in [0.15, 0.2) is 0 Å². The van der Waals surface area contributed by atoms with Crippen molar-refractivity contribution in [2.45, 2.75) is 64.7 Å². The minimum atomic E-state index is -0.474. The molecule has 0 aliphatic heterocycles. The molecular weight excluding hydrogens is 206 g/mol. The molecule has 0 spiro atoms. The van der Waals surface area contributed by atoms with E-state index < -0.39 is 11.7 Å². The summed E-state index contributed by atoms with van der Waals surface area (Å²) in [6, 6.07) is -0.0349. The topological polar surface area (TPSA) is 58.6 Å². The number of ether oxygens (including phenoxy) is 1. The van der Waals surface area contributed by atoms with E-state index in [9.17, 15) is 9.90 Å². The van der Waals surface area contributed by atoms with Gasteiger partial charge in [0.2, 0.25) is 0 Å². The van der Waals surface area contributed by atoms with E-state index in [1.54, 1.807) is 0 Å². The number of aliphatic hydroxyl groups is 1. The van der Waals surface area contributed by atoms with E-state index in [1.165, 1.54) is 0 Å². The molecule has 94 valence electrons. The molecule has 1 rings (SSSR count). The molecule has 1 amide bonds. The van der Waals surface area contributed by atoms with Gasteiger partial charge >= 0.3 is 6.09 Å². The maximum Gasteiger partial charge on any atom is 0.407 e. The Kier molecular flexibility index (Phi) is 4.19. The second-order valence-corrected chi connectivity index (χ2v) is 5.60. The maximum absolute atomic E-state index is 11.5. The summed E-state index contributed by atoms with van der Waals surface area (Å²) in [7, 11) is 0. The molecule has 2 N–H and O–H groups in total. The molecule has 0 bridgehead atoms. The second-order valence-electron chi connectivity index (χ2n) is 5.60. The molecule has 0 heterocycles. The van der Waals surface area contributed by atoms with Gasteiger partial charge in [-0.3, -0.25) is 0 Å². The molecule has 1 fully saturated rings. The largest absolute Gasteiger partial charge is 0.444 e. The van der Waals surface area contributed by atoms with Crippen molar-refractivity contribution in [1.82, 2.24) is 5.32 Å². The first-order chi connectivity index (χ1) is 7.29. The van der Waals surface area contributed by atoms with Crippen LogP contribution < -0.4 is 5.32 Å². The Bertz CT molecular complexity index is 247. The molecule has 0 saturated heterocycles. The maximum atomic E-state index is 11.5. The standard InChI is InChI=1S/C12H23NO3/c1-8(9-6-5-7-10(9)14)13-11(15)16-12(2,3)4/h8-10,14H,5-7H2,1-4H3,(H,13,15)/t8?,9?,10-/m0/s1. The van der Waals surface area contributed by atoms with Crippen molar-refractivity contribution in [3.63, 3.8) is 0 Å². The molecule has 2 unspecified atom stereocenters. The number of rotatable bonds is 2. The van der Waals surface area contributed by atoms with Crippen molar-refractivity contribution < 1.29 is 14.6 Å². The summed E-state index contributed by atoms with van der Waals surface area (Å²) >= 11 is 0. The first-order valence-corrected chi connectivity index (χ1v) is 5.97. The lowest BCUT2D eigenvalue weighted by atomic mass is 9.98. The van der Waals surface area contributed by atoms with E-state index >= 15 is 0 Å². The highest BCUT2D eigenvalue weighted by molar-refractivity contribution is 5.68. The van der Waals surface area contributed by atoms with Crippen LogP contribution in [0.1, 0.15) is 47.0 Å². The number of carbonyl (C=O) groups excluding carboxylic acids is 1. The molecule has 0 radical (unpaired) electrons. The SMILES string of the molecule is CC(NC(=O)OC(C)(C)C)C1CCC[C@@H]1O. The lowest BCUT2D eigenvalue weighted by Crippen LogP contribution is -2.43. The molecule has 1 aliphatic rings. The molecule has 16 heavy (non-hydrogen) atoms. The van der Waals surface area contributed by atoms with Crippen LogP contribution >= 0.6 is 0 Å². The third-order valence-corrected chi connectivity index (χ3v) is 2.92. The highest BCUT2D eigenvalue weighted by Crippen LogP contribution is 2.28. The van der Waals surface area contributed by atoms with Gasteiger partial charge in [-0.25, -0.2) is 4.79 Å². The second kappa shape index (κ2) is 5.04. The molecule has 0 aromatic rings. The van der Waals surface area contributed by atoms with Crippen LogP contribution in [-0.4, -0.2) is 28.9 Å². The Labute approximate surface area is 97.4 Å². The van der Waals surface area contributed by atoms with Crippen molar-refractivity contribution >= 4 is 6.09 Å². The van der Waals surface area contributed by atoms with Crippen molar-refractivity contribution in [2.75, 3.05) is 0 Å². The van der Waals surface area contributed by atoms with Crippen molar-refractivity contribution in [3.8, 4) is 0 Å². The zero-order valence-electron chi connectivity index (χ0n) is 10.6. The van der Waals surface area contributed by atoms with Crippen LogP contribution in [0, 0.1) is 5.92 Å². The van der Waals surface area contributed by atoms with Crippen LogP contribution in [0.2, 0.25) is 0 Å². The Morgan fingerprint density at radius 1 is 1.44 bits per heavy atom. The van der Waals surface area contributed by atoms with Crippen LogP contribution in [0.25, 0.3) is 0 Å². The highest BCUT2D eigenvalue weighted by Gasteiger charge is 2.31. The van der Waals surface area contributed by atoms with Crippen LogP contribution in [-0.2, 0) is 4.74 Å². The van der Waals surface area contributed by atoms with E-state index in [2.05, 4.69) is 5.32 Å². The minimum Gasteiger partial charge on any atom is -0.444 e. The van der Waals surface area contributed by atoms with Crippen LogP contribution in [0.4, 0.5) is 4.79 Å². The number of nitrogens with one attached hydrogen (secondary N) is 1. The van der Waals surface area contributed by atoms with Gasteiger partial charge in [0.1, 0.15) is 5.60 Å². The Hall–Kier alpha value is -0.770. The first kappa shape index (κ1) is 13.3. The van der Waals surface area contributed by atoms with E-state index in [1.807, 2.05) is 27.7 Å². The third-order valence-electron chi connectivity index (χ3n) is 2.92. The third kappa shape index (κ3) is 4.00. The molecule has 4 nitrogen and oxygen atoms in total. The summed E-state index contributed by atoms with van der Waals surface area (Å²) in [5.41, 5.74) is -0.474. The van der Waals surface area contributed by atoms with Gasteiger partial charge in [0.25, 0.3) is 0 Å². The zero-order valence-corrected chi connectivity index (χ0v) is 10.6. The number of hydrogen-bond acceptors (Lipinski definition) is 3. The summed E-state index contributed by atoms with van der Waals surface area (Å²) in [5.74, 6) is 0.160. The lowest BCUT2D eigenvalue weighted by molar-refractivity contribution is 0.0452. The van der Waals surface area contributed by atoms with E-state index in [0.29, 0.717) is 0 Å². The molecule has 3 atom stereocenters. The van der Waals surface area contributed by atoms with Crippen molar-refractivity contribution in [2.24, 2.45) is 5.92 Å². The van der Waals surface area contributed by atoms with Gasteiger partial charge in [0.05, 0.1) is 6.10 Å². The highest BCUT2D eigenvalue weighted by atomic mass is 16.6. The minimum absolute atomic E-state index is 0.0349. The van der Waals surface area contributed by atoms with Crippen LogP contribution in [0.15, 0.2) is 0 Å². The van der Waals surface area contributed by atoms with Crippen molar-refractivity contribution in [1.29, 1.82) is 0 Å². The normalized spacial score (nSPS) is 27.6. The average Bonchev–Trinajstić information content (AvgIpc) is 2.47. The molecule has 4 heteroatoms. The van der Waals surface area contributed by atoms with Gasteiger partial charge in [-0.2, -0.15) is 0 Å². The molecule has 0 aromatic heterocycles. The summed E-state index contributed by atoms with van der Waals surface area (Å²) in [5, 5.41) is 12.5. The van der Waals surface area contributed by atoms with Crippen LogP contribution in [0.3, 0.4) is 0 Å². The fraction of sp³-hybridized carbons (Fsp3) is 0.917.